The fourth-order valence-electron chi connectivity index (χ4n) is 3.94. The molecular weight excluding hydrogens is 686 g/mol. The summed E-state index contributed by atoms with van der Waals surface area (Å²) in [6, 6.07) is 0. The van der Waals surface area contributed by atoms with Crippen LogP contribution < -0.4 is 44.1 Å². The van der Waals surface area contributed by atoms with Crippen molar-refractivity contribution < 1.29 is 70.2 Å². The summed E-state index contributed by atoms with van der Waals surface area (Å²) < 4.78 is 49.9. The average molecular weight is 749 g/mol. The molecule has 0 saturated carbocycles. The lowest BCUT2D eigenvalue weighted by molar-refractivity contribution is -0.890. The lowest BCUT2D eigenvalue weighted by Crippen LogP contribution is -3.00. The van der Waals surface area contributed by atoms with Crippen LogP contribution in [0.15, 0.2) is 0 Å². The number of nitrogens with one attached hydrogen (secondary N) is 2. The number of unbranched alkanes of at least 4 members (excludes halogenated alkanes) is 3. The monoisotopic (exact) mass is 746 g/mol. The largest absolute Gasteiger partial charge is 1.00 e. The van der Waals surface area contributed by atoms with E-state index >= 15 is 0 Å². The molecule has 0 amide bonds. The van der Waals surface area contributed by atoms with E-state index in [1.165, 1.54) is 12.8 Å². The van der Waals surface area contributed by atoms with Gasteiger partial charge in [0.05, 0.1) is 91.9 Å². The Morgan fingerprint density at radius 3 is 0.975 bits per heavy atom. The first-order valence-corrected chi connectivity index (χ1v) is 17.5. The zero-order valence-electron chi connectivity index (χ0n) is 27.4. The van der Waals surface area contributed by atoms with Gasteiger partial charge in [-0.05, 0) is 81.1 Å². The van der Waals surface area contributed by atoms with Crippen molar-refractivity contribution in [3.8, 4) is 0 Å². The highest BCUT2D eigenvalue weighted by atomic mass is 79.9. The summed E-state index contributed by atoms with van der Waals surface area (Å²) in [5, 5.41) is 6.08. The number of hydrogen-bond acceptors (Lipinski definition) is 6. The van der Waals surface area contributed by atoms with E-state index in [0.29, 0.717) is 13.1 Å². The minimum absolute atomic E-state index is 0. The van der Waals surface area contributed by atoms with Crippen LogP contribution in [-0.2, 0) is 27.2 Å². The first-order valence-electron chi connectivity index (χ1n) is 14.4. The Balaban J connectivity index is -0.00000684. The van der Waals surface area contributed by atoms with Gasteiger partial charge in [-0.2, -0.15) is 0 Å². The first-order chi connectivity index (χ1) is 17.3. The Hall–Kier alpha value is 1.10. The number of quaternary nitrogens is 2. The van der Waals surface area contributed by atoms with Crippen LogP contribution in [0.25, 0.3) is 0 Å². The van der Waals surface area contributed by atoms with Crippen molar-refractivity contribution in [3.05, 3.63) is 0 Å². The van der Waals surface area contributed by atoms with Gasteiger partial charge < -0.3 is 42.9 Å². The Kier molecular flexibility index (Phi) is 24.7. The van der Waals surface area contributed by atoms with Crippen LogP contribution >= 0.6 is 15.5 Å². The Bertz CT molecular complexity index is 656. The van der Waals surface area contributed by atoms with E-state index < -0.39 is 15.5 Å². The van der Waals surface area contributed by atoms with Crippen molar-refractivity contribution in [2.45, 2.75) is 105 Å². The van der Waals surface area contributed by atoms with E-state index in [1.54, 1.807) is 0 Å². The molecule has 2 N–H and O–H groups in total. The van der Waals surface area contributed by atoms with Crippen molar-refractivity contribution in [2.75, 3.05) is 67.5 Å². The van der Waals surface area contributed by atoms with Crippen LogP contribution in [0, 0.1) is 0 Å². The maximum absolute atomic E-state index is 12.9. The fraction of sp³-hybridized carbons (Fsp3) is 1.00. The SMILES string of the molecule is CC(C)OP(=O)(NCC[N+](C)(C)CCCCCC[N+](C)(C)CCNP(=O)(OC(C)C)OC(C)C)OC(C)C.[Br-].[Br-]. The molecule has 0 saturated heterocycles. The van der Waals surface area contributed by atoms with Crippen LogP contribution in [0.2, 0.25) is 0 Å². The number of likely N-dealkylation sites (N-methyl/N-ethyl adjacent to an activating group) is 2. The zero-order chi connectivity index (χ0) is 29.6. The maximum Gasteiger partial charge on any atom is 0.406 e. The minimum atomic E-state index is -3.30. The molecule has 14 heteroatoms. The molecule has 0 atom stereocenters. The van der Waals surface area contributed by atoms with Crippen LogP contribution in [0.3, 0.4) is 0 Å². The van der Waals surface area contributed by atoms with Gasteiger partial charge in [-0.1, -0.05) is 0 Å². The van der Waals surface area contributed by atoms with Crippen molar-refractivity contribution >= 4 is 15.5 Å². The van der Waals surface area contributed by atoms with E-state index in [2.05, 4.69) is 38.4 Å². The van der Waals surface area contributed by atoms with Gasteiger partial charge in [0.25, 0.3) is 0 Å². The summed E-state index contributed by atoms with van der Waals surface area (Å²) in [5.41, 5.74) is 0. The standard InChI is InChI=1S/C26H62N4O6P2.2BrH/c1-23(2)33-37(31,34-24(3)4)27-17-21-29(9,10)19-15-13-14-16-20-30(11,12)22-18-28-38(32,35-25(5)6)36-26(7)8;;/h23-26H,13-22H2,1-12H3,(H,27,31)(H,28,32);2*1H/q+2;;/p-2. The molecule has 0 aliphatic rings. The Morgan fingerprint density at radius 1 is 0.500 bits per heavy atom. The van der Waals surface area contributed by atoms with Gasteiger partial charge in [-0.25, -0.2) is 19.3 Å². The highest BCUT2D eigenvalue weighted by Gasteiger charge is 2.29. The first kappa shape index (κ1) is 45.5. The van der Waals surface area contributed by atoms with Crippen molar-refractivity contribution in [3.63, 3.8) is 0 Å². The van der Waals surface area contributed by atoms with Gasteiger partial charge in [0.15, 0.2) is 0 Å². The normalized spacial score (nSPS) is 13.3. The van der Waals surface area contributed by atoms with Gasteiger partial charge >= 0.3 is 15.5 Å². The highest BCUT2D eigenvalue weighted by Crippen LogP contribution is 2.46. The Morgan fingerprint density at radius 2 is 0.750 bits per heavy atom. The molecule has 0 aromatic carbocycles. The fourth-order valence-corrected chi connectivity index (χ4v) is 7.31. The molecular formula is C26H62Br2N4O6P2. The van der Waals surface area contributed by atoms with E-state index in [4.69, 9.17) is 18.1 Å². The Labute approximate surface area is 267 Å². The highest BCUT2D eigenvalue weighted by molar-refractivity contribution is 7.51. The molecule has 0 aliphatic heterocycles. The second-order valence-corrected chi connectivity index (χ2v) is 16.1. The molecule has 0 aromatic heterocycles. The van der Waals surface area contributed by atoms with Crippen LogP contribution in [0.5, 0.6) is 0 Å². The summed E-state index contributed by atoms with van der Waals surface area (Å²) in [7, 11) is 2.22. The molecule has 0 heterocycles. The molecule has 0 rings (SSSR count). The summed E-state index contributed by atoms with van der Waals surface area (Å²) in [5.74, 6) is 0. The van der Waals surface area contributed by atoms with E-state index in [-0.39, 0.29) is 58.4 Å². The van der Waals surface area contributed by atoms with Crippen LogP contribution in [0.4, 0.5) is 0 Å². The zero-order valence-corrected chi connectivity index (χ0v) is 32.3. The molecule has 10 nitrogen and oxygen atoms in total. The third-order valence-electron chi connectivity index (χ3n) is 5.72. The van der Waals surface area contributed by atoms with Crippen LogP contribution in [-0.4, -0.2) is 101 Å². The molecule has 0 aliphatic carbocycles. The third kappa shape index (κ3) is 24.5. The summed E-state index contributed by atoms with van der Waals surface area (Å²) in [6.07, 6.45) is 3.96. The van der Waals surface area contributed by atoms with E-state index in [9.17, 15) is 9.13 Å². The third-order valence-corrected chi connectivity index (χ3v) is 9.74. The molecule has 0 radical (unpaired) electrons. The van der Waals surface area contributed by atoms with Gasteiger partial charge in [0, 0.05) is 0 Å². The molecule has 0 fully saturated rings. The molecule has 40 heavy (non-hydrogen) atoms. The summed E-state index contributed by atoms with van der Waals surface area (Å²) >= 11 is 0. The van der Waals surface area contributed by atoms with Gasteiger partial charge in [0.1, 0.15) is 0 Å². The predicted octanol–water partition coefficient (Wildman–Crippen LogP) is -0.197. The predicted molar refractivity (Wildman–Crippen MR) is 158 cm³/mol. The molecule has 0 aromatic rings. The topological polar surface area (TPSA) is 95.1 Å². The summed E-state index contributed by atoms with van der Waals surface area (Å²) in [6.45, 7) is 19.8. The van der Waals surface area contributed by atoms with Gasteiger partial charge in [-0.3, -0.25) is 18.1 Å². The van der Waals surface area contributed by atoms with Crippen molar-refractivity contribution in [2.24, 2.45) is 0 Å². The molecule has 246 valence electrons. The number of rotatable bonds is 23. The summed E-state index contributed by atoms with van der Waals surface area (Å²) in [4.78, 5) is 0. The van der Waals surface area contributed by atoms with Crippen LogP contribution in [0.1, 0.15) is 81.1 Å². The lowest BCUT2D eigenvalue weighted by atomic mass is 10.1. The quantitative estimate of drug-likeness (QED) is 0.0845. The average Bonchev–Trinajstić information content (AvgIpc) is 2.67. The second kappa shape index (κ2) is 21.7. The number of halogens is 2. The van der Waals surface area contributed by atoms with Gasteiger partial charge in [-0.15, -0.1) is 0 Å². The van der Waals surface area contributed by atoms with E-state index in [1.807, 2.05) is 55.4 Å². The lowest BCUT2D eigenvalue weighted by Gasteiger charge is -2.32. The molecule has 0 bridgehead atoms. The smallest absolute Gasteiger partial charge is 0.406 e. The molecule has 0 spiro atoms. The number of hydrogen-bond donors (Lipinski definition) is 2. The second-order valence-electron chi connectivity index (χ2n) is 12.6. The molecule has 0 unspecified atom stereocenters. The number of nitrogens with zero attached hydrogens (tertiary/aromatic N) is 2. The van der Waals surface area contributed by atoms with Crippen molar-refractivity contribution in [1.29, 1.82) is 0 Å². The maximum atomic E-state index is 12.9. The van der Waals surface area contributed by atoms with Crippen molar-refractivity contribution in [1.82, 2.24) is 10.2 Å². The van der Waals surface area contributed by atoms with Gasteiger partial charge in [0.2, 0.25) is 0 Å². The van der Waals surface area contributed by atoms with E-state index in [0.717, 1.165) is 48.0 Å². The minimum Gasteiger partial charge on any atom is -1.00 e.